The number of hydrogen-bond donors (Lipinski definition) is 1. The SMILES string of the molecule is Cc1cnnc(N(C)CCC(C)N)c1. The topological polar surface area (TPSA) is 55.0 Å². The Labute approximate surface area is 85.1 Å². The zero-order chi connectivity index (χ0) is 10.6. The van der Waals surface area contributed by atoms with Gasteiger partial charge in [-0.3, -0.25) is 0 Å². The van der Waals surface area contributed by atoms with Crippen molar-refractivity contribution in [3.63, 3.8) is 0 Å². The molecule has 4 heteroatoms. The number of anilines is 1. The summed E-state index contributed by atoms with van der Waals surface area (Å²) in [6.45, 7) is 4.93. The third-order valence-corrected chi connectivity index (χ3v) is 2.09. The summed E-state index contributed by atoms with van der Waals surface area (Å²) < 4.78 is 0. The van der Waals surface area contributed by atoms with E-state index in [1.54, 1.807) is 6.20 Å². The third-order valence-electron chi connectivity index (χ3n) is 2.09. The molecule has 1 heterocycles. The molecule has 1 aromatic rings. The van der Waals surface area contributed by atoms with Crippen LogP contribution in [0, 0.1) is 6.92 Å². The number of nitrogens with zero attached hydrogens (tertiary/aromatic N) is 3. The number of rotatable bonds is 4. The molecule has 0 radical (unpaired) electrons. The smallest absolute Gasteiger partial charge is 0.151 e. The van der Waals surface area contributed by atoms with Gasteiger partial charge in [0, 0.05) is 19.6 Å². The molecule has 1 rings (SSSR count). The highest BCUT2D eigenvalue weighted by atomic mass is 15.2. The Morgan fingerprint density at radius 1 is 1.57 bits per heavy atom. The summed E-state index contributed by atoms with van der Waals surface area (Å²) >= 11 is 0. The van der Waals surface area contributed by atoms with Crippen molar-refractivity contribution < 1.29 is 0 Å². The summed E-state index contributed by atoms with van der Waals surface area (Å²) in [6, 6.07) is 2.25. The van der Waals surface area contributed by atoms with Crippen LogP contribution < -0.4 is 10.6 Å². The van der Waals surface area contributed by atoms with Gasteiger partial charge in [-0.1, -0.05) is 0 Å². The molecule has 1 aromatic heterocycles. The number of hydrogen-bond acceptors (Lipinski definition) is 4. The molecule has 0 saturated carbocycles. The molecule has 0 fully saturated rings. The van der Waals surface area contributed by atoms with Crippen molar-refractivity contribution in [1.29, 1.82) is 0 Å². The van der Waals surface area contributed by atoms with Crippen LogP contribution in [0.25, 0.3) is 0 Å². The van der Waals surface area contributed by atoms with Gasteiger partial charge in [-0.25, -0.2) is 0 Å². The molecule has 4 nitrogen and oxygen atoms in total. The standard InChI is InChI=1S/C10H18N4/c1-8-6-10(13-12-7-8)14(3)5-4-9(2)11/h6-7,9H,4-5,11H2,1-3H3. The van der Waals surface area contributed by atoms with Crippen molar-refractivity contribution in [3.05, 3.63) is 17.8 Å². The van der Waals surface area contributed by atoms with Crippen molar-refractivity contribution in [2.75, 3.05) is 18.5 Å². The molecule has 0 aliphatic rings. The van der Waals surface area contributed by atoms with Gasteiger partial charge in [0.05, 0.1) is 6.20 Å². The Morgan fingerprint density at radius 3 is 2.86 bits per heavy atom. The van der Waals surface area contributed by atoms with Crippen LogP contribution >= 0.6 is 0 Å². The fourth-order valence-corrected chi connectivity index (χ4v) is 1.15. The molecule has 14 heavy (non-hydrogen) atoms. The lowest BCUT2D eigenvalue weighted by molar-refractivity contribution is 0.654. The normalized spacial score (nSPS) is 12.6. The van der Waals surface area contributed by atoms with Crippen molar-refractivity contribution in [1.82, 2.24) is 10.2 Å². The van der Waals surface area contributed by atoms with Gasteiger partial charge in [-0.05, 0) is 31.9 Å². The van der Waals surface area contributed by atoms with Crippen molar-refractivity contribution >= 4 is 5.82 Å². The van der Waals surface area contributed by atoms with Crippen LogP contribution in [0.15, 0.2) is 12.3 Å². The van der Waals surface area contributed by atoms with Crippen LogP contribution in [-0.4, -0.2) is 29.8 Å². The lowest BCUT2D eigenvalue weighted by atomic mass is 10.2. The Morgan fingerprint density at radius 2 is 2.29 bits per heavy atom. The second-order valence-corrected chi connectivity index (χ2v) is 3.78. The fraction of sp³-hybridized carbons (Fsp3) is 0.600. The second kappa shape index (κ2) is 4.91. The van der Waals surface area contributed by atoms with Gasteiger partial charge in [-0.15, -0.1) is 5.10 Å². The molecule has 1 unspecified atom stereocenters. The van der Waals surface area contributed by atoms with Crippen LogP contribution in [0.5, 0.6) is 0 Å². The van der Waals surface area contributed by atoms with Gasteiger partial charge in [-0.2, -0.15) is 5.10 Å². The highest BCUT2D eigenvalue weighted by molar-refractivity contribution is 5.37. The van der Waals surface area contributed by atoms with E-state index in [0.29, 0.717) is 0 Å². The average molecular weight is 194 g/mol. The molecule has 0 saturated heterocycles. The maximum atomic E-state index is 5.69. The quantitative estimate of drug-likeness (QED) is 0.775. The van der Waals surface area contributed by atoms with Gasteiger partial charge in [0.25, 0.3) is 0 Å². The largest absolute Gasteiger partial charge is 0.358 e. The molecule has 0 amide bonds. The van der Waals surface area contributed by atoms with Crippen molar-refractivity contribution in [2.24, 2.45) is 5.73 Å². The Bertz CT molecular complexity index is 285. The van der Waals surface area contributed by atoms with Crippen LogP contribution in [0.3, 0.4) is 0 Å². The maximum absolute atomic E-state index is 5.69. The molecule has 2 N–H and O–H groups in total. The summed E-state index contributed by atoms with van der Waals surface area (Å²) in [5, 5.41) is 7.96. The number of aromatic nitrogens is 2. The highest BCUT2D eigenvalue weighted by Crippen LogP contribution is 2.09. The van der Waals surface area contributed by atoms with Gasteiger partial charge < -0.3 is 10.6 Å². The predicted octanol–water partition coefficient (Wildman–Crippen LogP) is 0.959. The van der Waals surface area contributed by atoms with E-state index in [-0.39, 0.29) is 6.04 Å². The molecule has 0 aromatic carbocycles. The Hall–Kier alpha value is -1.16. The third kappa shape index (κ3) is 3.30. The van der Waals surface area contributed by atoms with Gasteiger partial charge in [0.1, 0.15) is 0 Å². The van der Waals surface area contributed by atoms with E-state index in [2.05, 4.69) is 15.1 Å². The van der Waals surface area contributed by atoms with Gasteiger partial charge >= 0.3 is 0 Å². The summed E-state index contributed by atoms with van der Waals surface area (Å²) in [6.07, 6.45) is 2.72. The molecule has 0 aliphatic heterocycles. The van der Waals surface area contributed by atoms with Gasteiger partial charge in [0.15, 0.2) is 5.82 Å². The molecule has 0 aliphatic carbocycles. The number of aryl methyl sites for hydroxylation is 1. The summed E-state index contributed by atoms with van der Waals surface area (Å²) in [7, 11) is 2.01. The Balaban J connectivity index is 2.56. The zero-order valence-corrected chi connectivity index (χ0v) is 9.07. The molecular weight excluding hydrogens is 176 g/mol. The predicted molar refractivity (Wildman–Crippen MR) is 58.3 cm³/mol. The Kier molecular flexibility index (Phi) is 3.83. The maximum Gasteiger partial charge on any atom is 0.151 e. The summed E-state index contributed by atoms with van der Waals surface area (Å²) in [5.41, 5.74) is 6.81. The molecule has 0 bridgehead atoms. The van der Waals surface area contributed by atoms with Gasteiger partial charge in [0.2, 0.25) is 0 Å². The van der Waals surface area contributed by atoms with Crippen LogP contribution in [0.2, 0.25) is 0 Å². The minimum atomic E-state index is 0.232. The first-order chi connectivity index (χ1) is 6.59. The van der Waals surface area contributed by atoms with E-state index < -0.39 is 0 Å². The highest BCUT2D eigenvalue weighted by Gasteiger charge is 2.03. The van der Waals surface area contributed by atoms with Crippen molar-refractivity contribution in [3.8, 4) is 0 Å². The van der Waals surface area contributed by atoms with Crippen LogP contribution in [0.4, 0.5) is 5.82 Å². The zero-order valence-electron chi connectivity index (χ0n) is 9.07. The second-order valence-electron chi connectivity index (χ2n) is 3.78. The molecule has 1 atom stereocenters. The first-order valence-electron chi connectivity index (χ1n) is 4.85. The van der Waals surface area contributed by atoms with E-state index in [0.717, 1.165) is 24.3 Å². The van der Waals surface area contributed by atoms with E-state index in [9.17, 15) is 0 Å². The number of nitrogens with two attached hydrogens (primary N) is 1. The lowest BCUT2D eigenvalue weighted by Crippen LogP contribution is -2.26. The van der Waals surface area contributed by atoms with Crippen LogP contribution in [-0.2, 0) is 0 Å². The average Bonchev–Trinajstić information content (AvgIpc) is 2.14. The molecule has 78 valence electrons. The summed E-state index contributed by atoms with van der Waals surface area (Å²) in [5.74, 6) is 0.908. The minimum Gasteiger partial charge on any atom is -0.358 e. The first-order valence-corrected chi connectivity index (χ1v) is 4.85. The minimum absolute atomic E-state index is 0.232. The first kappa shape index (κ1) is 10.9. The van der Waals surface area contributed by atoms with E-state index >= 15 is 0 Å². The monoisotopic (exact) mass is 194 g/mol. The fourth-order valence-electron chi connectivity index (χ4n) is 1.15. The van der Waals surface area contributed by atoms with E-state index in [1.165, 1.54) is 0 Å². The summed E-state index contributed by atoms with van der Waals surface area (Å²) in [4.78, 5) is 2.07. The van der Waals surface area contributed by atoms with Crippen molar-refractivity contribution in [2.45, 2.75) is 26.3 Å². The van der Waals surface area contributed by atoms with E-state index in [4.69, 9.17) is 5.73 Å². The lowest BCUT2D eigenvalue weighted by Gasteiger charge is -2.18. The molecular formula is C10H18N4. The molecule has 0 spiro atoms. The van der Waals surface area contributed by atoms with E-state index in [1.807, 2.05) is 27.0 Å². The van der Waals surface area contributed by atoms with Crippen LogP contribution in [0.1, 0.15) is 18.9 Å².